The fourth-order valence-corrected chi connectivity index (χ4v) is 3.08. The Bertz CT molecular complexity index is 1480. The third-order valence-electron chi connectivity index (χ3n) is 4.48. The van der Waals surface area contributed by atoms with Gasteiger partial charge < -0.3 is 5.73 Å². The van der Waals surface area contributed by atoms with Crippen LogP contribution in [-0.4, -0.2) is 47.3 Å². The minimum atomic E-state index is -0.820. The van der Waals surface area contributed by atoms with Gasteiger partial charge in [0.1, 0.15) is 10.7 Å². The van der Waals surface area contributed by atoms with Gasteiger partial charge in [-0.15, -0.1) is 5.10 Å². The van der Waals surface area contributed by atoms with E-state index in [1.807, 2.05) is 0 Å². The van der Waals surface area contributed by atoms with Gasteiger partial charge in [-0.2, -0.15) is 9.78 Å². The van der Waals surface area contributed by atoms with Crippen molar-refractivity contribution in [3.8, 4) is 17.1 Å². The van der Waals surface area contributed by atoms with E-state index >= 15 is 0 Å². The molecule has 2 heterocycles. The average Bonchev–Trinajstić information content (AvgIpc) is 3.45. The molecule has 2 aromatic heterocycles. The molecule has 0 unspecified atom stereocenters. The molecule has 4 aromatic rings. The van der Waals surface area contributed by atoms with E-state index in [1.165, 1.54) is 42.5 Å². The molecule has 3 N–H and O–H groups in total. The molecule has 0 aliphatic carbocycles. The smallest absolute Gasteiger partial charge is 0.294 e. The van der Waals surface area contributed by atoms with Crippen molar-refractivity contribution in [2.45, 2.75) is 0 Å². The Hall–Kier alpha value is -5.25. The highest BCUT2D eigenvalue weighted by Crippen LogP contribution is 2.28. The molecule has 4 rings (SSSR count). The largest absolute Gasteiger partial charge is 0.378 e. The number of nitrogens with zero attached hydrogens (tertiary/aromatic N) is 8. The van der Waals surface area contributed by atoms with Gasteiger partial charge in [-0.05, 0) is 28.5 Å². The monoisotopic (exact) mass is 498 g/mol. The molecule has 0 atom stereocenters. The van der Waals surface area contributed by atoms with Crippen LogP contribution in [0.4, 0.5) is 17.2 Å². The van der Waals surface area contributed by atoms with Gasteiger partial charge in [-0.1, -0.05) is 22.9 Å². The molecule has 0 saturated carbocycles. The number of nitro groups is 2. The molecule has 2 aromatic carbocycles. The van der Waals surface area contributed by atoms with Crippen molar-refractivity contribution >= 4 is 40.9 Å². The number of nitro benzene ring substituents is 2. The molecule has 0 radical (unpaired) electrons. The lowest BCUT2D eigenvalue weighted by atomic mass is 10.1. The number of nitrogens with one attached hydrogen (secondary N) is 1. The van der Waals surface area contributed by atoms with Crippen LogP contribution in [-0.2, 0) is 0 Å². The number of carbonyl (C=O) groups excluding carboxylic acids is 1. The third kappa shape index (κ3) is 4.62. The number of rotatable bonds is 7. The Morgan fingerprint density at radius 1 is 1.14 bits per heavy atom. The maximum absolute atomic E-state index is 12.8. The van der Waals surface area contributed by atoms with Crippen molar-refractivity contribution in [2.24, 2.45) is 5.10 Å². The molecule has 0 aliphatic rings. The Balaban J connectivity index is 1.67. The summed E-state index contributed by atoms with van der Waals surface area (Å²) in [4.78, 5) is 33.6. The number of hydrogen-bond acceptors (Lipinski definition) is 12. The molecule has 0 saturated heterocycles. The van der Waals surface area contributed by atoms with Crippen LogP contribution in [0.5, 0.6) is 0 Å². The first kappa shape index (κ1) is 22.9. The molecular formula is C18H11ClN10O6. The number of nitrogens with two attached hydrogens (primary N) is 1. The summed E-state index contributed by atoms with van der Waals surface area (Å²) in [5.74, 6) is -1.03. The topological polar surface area (TPSA) is 223 Å². The molecule has 16 nitrogen and oxygen atoms in total. The van der Waals surface area contributed by atoms with E-state index in [9.17, 15) is 25.0 Å². The second-order valence-electron chi connectivity index (χ2n) is 6.64. The Morgan fingerprint density at radius 3 is 2.51 bits per heavy atom. The third-order valence-corrected chi connectivity index (χ3v) is 4.80. The number of hydrogen-bond donors (Lipinski definition) is 2. The first-order chi connectivity index (χ1) is 16.8. The van der Waals surface area contributed by atoms with Gasteiger partial charge in [0, 0.05) is 29.3 Å². The number of aromatic nitrogens is 5. The summed E-state index contributed by atoms with van der Waals surface area (Å²) >= 11 is 5.78. The molecule has 0 aliphatic heterocycles. The molecular weight excluding hydrogens is 488 g/mol. The zero-order chi connectivity index (χ0) is 25.1. The van der Waals surface area contributed by atoms with Crippen molar-refractivity contribution in [3.63, 3.8) is 0 Å². The van der Waals surface area contributed by atoms with Gasteiger partial charge >= 0.3 is 0 Å². The first-order valence-corrected chi connectivity index (χ1v) is 9.70. The summed E-state index contributed by atoms with van der Waals surface area (Å²) in [6.07, 6.45) is 1.16. The van der Waals surface area contributed by atoms with E-state index < -0.39 is 15.8 Å². The molecule has 35 heavy (non-hydrogen) atoms. The summed E-state index contributed by atoms with van der Waals surface area (Å²) in [7, 11) is 0. The zero-order valence-electron chi connectivity index (χ0n) is 17.1. The van der Waals surface area contributed by atoms with Gasteiger partial charge in [-0.3, -0.25) is 25.0 Å². The van der Waals surface area contributed by atoms with Crippen molar-refractivity contribution in [1.82, 2.24) is 30.7 Å². The van der Waals surface area contributed by atoms with Gasteiger partial charge in [0.25, 0.3) is 17.3 Å². The van der Waals surface area contributed by atoms with E-state index in [0.717, 1.165) is 10.9 Å². The van der Waals surface area contributed by atoms with Crippen LogP contribution in [0.2, 0.25) is 5.02 Å². The number of anilines is 1. The van der Waals surface area contributed by atoms with Gasteiger partial charge in [0.15, 0.2) is 5.69 Å². The van der Waals surface area contributed by atoms with Crippen LogP contribution < -0.4 is 11.2 Å². The van der Waals surface area contributed by atoms with E-state index in [-0.39, 0.29) is 39.4 Å². The normalized spacial score (nSPS) is 11.0. The maximum atomic E-state index is 12.8. The second kappa shape index (κ2) is 9.32. The zero-order valence-corrected chi connectivity index (χ0v) is 17.9. The summed E-state index contributed by atoms with van der Waals surface area (Å²) in [5.41, 5.74) is 7.90. The number of carbonyl (C=O) groups is 1. The predicted molar refractivity (Wildman–Crippen MR) is 119 cm³/mol. The lowest BCUT2D eigenvalue weighted by Crippen LogP contribution is -2.19. The van der Waals surface area contributed by atoms with Crippen molar-refractivity contribution in [1.29, 1.82) is 0 Å². The average molecular weight is 499 g/mol. The molecule has 0 fully saturated rings. The van der Waals surface area contributed by atoms with Crippen molar-refractivity contribution in [2.75, 3.05) is 5.73 Å². The van der Waals surface area contributed by atoms with Crippen LogP contribution in [0.25, 0.3) is 17.1 Å². The number of benzene rings is 2. The fourth-order valence-electron chi connectivity index (χ4n) is 2.89. The van der Waals surface area contributed by atoms with Crippen molar-refractivity contribution in [3.05, 3.63) is 79.0 Å². The number of non-ortho nitro benzene ring substituents is 1. The Labute approximate surface area is 198 Å². The minimum Gasteiger partial charge on any atom is -0.378 e. The predicted octanol–water partition coefficient (Wildman–Crippen LogP) is 2.13. The van der Waals surface area contributed by atoms with Crippen LogP contribution >= 0.6 is 11.6 Å². The van der Waals surface area contributed by atoms with Gasteiger partial charge in [-0.25, -0.2) is 10.1 Å². The van der Waals surface area contributed by atoms with Crippen molar-refractivity contribution < 1.29 is 19.3 Å². The van der Waals surface area contributed by atoms with E-state index in [1.54, 1.807) is 0 Å². The van der Waals surface area contributed by atoms with Gasteiger partial charge in [0.05, 0.1) is 16.1 Å². The summed E-state index contributed by atoms with van der Waals surface area (Å²) in [6, 6.07) is 9.17. The van der Waals surface area contributed by atoms with Gasteiger partial charge in [0.2, 0.25) is 11.6 Å². The SMILES string of the molecule is Nc1nonc1-n1nnc(C(=O)N/N=C/c2ccc(Cl)c([N+](=O)[O-])c2)c1-c1ccc([N+](=O)[O-])cc1. The summed E-state index contributed by atoms with van der Waals surface area (Å²) < 4.78 is 5.65. The lowest BCUT2D eigenvalue weighted by Gasteiger charge is -2.05. The number of nitrogen functional groups attached to an aromatic ring is 1. The summed E-state index contributed by atoms with van der Waals surface area (Å²) in [6.45, 7) is 0. The first-order valence-electron chi connectivity index (χ1n) is 9.32. The number of amides is 1. The molecule has 0 spiro atoms. The quantitative estimate of drug-likeness (QED) is 0.213. The van der Waals surface area contributed by atoms with Crippen LogP contribution in [0.3, 0.4) is 0 Å². The Morgan fingerprint density at radius 2 is 1.89 bits per heavy atom. The highest BCUT2D eigenvalue weighted by molar-refractivity contribution is 6.32. The van der Waals surface area contributed by atoms with E-state index in [2.05, 4.69) is 35.8 Å². The number of hydrazone groups is 1. The fraction of sp³-hybridized carbons (Fsp3) is 0. The standard InChI is InChI=1S/C18H11ClN10O6/c19-12-6-1-9(7-13(12)29(33)34)8-21-23-18(30)14-15(10-2-4-11(5-3-10)28(31)32)27(26-22-14)17-16(20)24-35-25-17/h1-8H,(H2,20,24)(H,23,30)/b21-8+. The van der Waals surface area contributed by atoms with Crippen LogP contribution in [0.15, 0.2) is 52.2 Å². The molecule has 17 heteroatoms. The number of halogens is 1. The van der Waals surface area contributed by atoms with Crippen LogP contribution in [0, 0.1) is 20.2 Å². The second-order valence-corrected chi connectivity index (χ2v) is 7.05. The molecule has 176 valence electrons. The maximum Gasteiger partial charge on any atom is 0.294 e. The Kier molecular flexibility index (Phi) is 6.10. The molecule has 0 bridgehead atoms. The lowest BCUT2D eigenvalue weighted by molar-refractivity contribution is -0.385. The highest BCUT2D eigenvalue weighted by Gasteiger charge is 2.25. The van der Waals surface area contributed by atoms with Crippen LogP contribution in [0.1, 0.15) is 16.1 Å². The van der Waals surface area contributed by atoms with E-state index in [4.69, 9.17) is 17.3 Å². The highest BCUT2D eigenvalue weighted by atomic mass is 35.5. The molecule has 1 amide bonds. The van der Waals surface area contributed by atoms with E-state index in [0.29, 0.717) is 11.1 Å². The minimum absolute atomic E-state index is 0.0536. The summed E-state index contributed by atoms with van der Waals surface area (Å²) in [5, 5.41) is 40.5.